The molecule has 5 nitrogen and oxygen atoms in total. The molecule has 2 rings (SSSR count). The molecule has 0 saturated carbocycles. The Bertz CT molecular complexity index is 673. The molecule has 0 fully saturated rings. The normalized spacial score (nSPS) is 10.8. The quantitative estimate of drug-likeness (QED) is 0.929. The first-order valence-electron chi connectivity index (χ1n) is 6.30. The number of imidazole rings is 1. The highest BCUT2D eigenvalue weighted by Crippen LogP contribution is 2.12. The fourth-order valence-electron chi connectivity index (χ4n) is 1.85. The van der Waals surface area contributed by atoms with Gasteiger partial charge in [-0.3, -0.25) is 13.9 Å². The van der Waals surface area contributed by atoms with Crippen molar-refractivity contribution in [3.8, 4) is 0 Å². The molecule has 0 unspecified atom stereocenters. The van der Waals surface area contributed by atoms with Gasteiger partial charge in [0.2, 0.25) is 5.91 Å². The number of halogens is 1. The van der Waals surface area contributed by atoms with Crippen LogP contribution in [0.4, 0.5) is 10.1 Å². The molecule has 0 spiro atoms. The number of carbonyl (C=O) groups is 1. The maximum atomic E-state index is 13.4. The van der Waals surface area contributed by atoms with Crippen LogP contribution in [0.2, 0.25) is 0 Å². The average Bonchev–Trinajstić information content (AvgIpc) is 2.74. The maximum absolute atomic E-state index is 13.4. The molecule has 1 aromatic carbocycles. The lowest BCUT2D eigenvalue weighted by Crippen LogP contribution is -2.29. The fraction of sp³-hybridized carbons (Fsp3) is 0.286. The molecule has 20 heavy (non-hydrogen) atoms. The van der Waals surface area contributed by atoms with Crippen LogP contribution < -0.4 is 11.0 Å². The van der Waals surface area contributed by atoms with Gasteiger partial charge in [-0.25, -0.2) is 9.18 Å². The van der Waals surface area contributed by atoms with Gasteiger partial charge in [-0.2, -0.15) is 0 Å². The monoisotopic (exact) mass is 277 g/mol. The third-order valence-corrected chi connectivity index (χ3v) is 2.89. The topological polar surface area (TPSA) is 56.0 Å². The second-order valence-electron chi connectivity index (χ2n) is 4.74. The molecule has 1 heterocycles. The average molecular weight is 277 g/mol. The second kappa shape index (κ2) is 5.73. The number of hydrogen-bond acceptors (Lipinski definition) is 2. The van der Waals surface area contributed by atoms with Crippen molar-refractivity contribution in [2.45, 2.75) is 26.4 Å². The van der Waals surface area contributed by atoms with E-state index < -0.39 is 11.7 Å². The number of nitrogens with zero attached hydrogens (tertiary/aromatic N) is 2. The Balaban J connectivity index is 2.09. The summed E-state index contributed by atoms with van der Waals surface area (Å²) in [6.07, 6.45) is 3.17. The van der Waals surface area contributed by atoms with Gasteiger partial charge in [0.15, 0.2) is 0 Å². The molecule has 0 saturated heterocycles. The molecule has 0 radical (unpaired) electrons. The summed E-state index contributed by atoms with van der Waals surface area (Å²) in [7, 11) is 0. The summed E-state index contributed by atoms with van der Waals surface area (Å²) in [6.45, 7) is 3.61. The molecule has 1 N–H and O–H groups in total. The van der Waals surface area contributed by atoms with Gasteiger partial charge in [0.05, 0.1) is 5.69 Å². The van der Waals surface area contributed by atoms with Crippen molar-refractivity contribution in [1.82, 2.24) is 9.13 Å². The van der Waals surface area contributed by atoms with Gasteiger partial charge in [-0.05, 0) is 26.0 Å². The molecule has 1 amide bonds. The van der Waals surface area contributed by atoms with Crippen molar-refractivity contribution < 1.29 is 9.18 Å². The molecule has 0 aliphatic heterocycles. The lowest BCUT2D eigenvalue weighted by molar-refractivity contribution is -0.116. The molecule has 6 heteroatoms. The molecule has 0 bridgehead atoms. The zero-order valence-corrected chi connectivity index (χ0v) is 11.3. The molecule has 106 valence electrons. The van der Waals surface area contributed by atoms with E-state index >= 15 is 0 Å². The predicted octanol–water partition coefficient (Wildman–Crippen LogP) is 2.01. The van der Waals surface area contributed by atoms with Gasteiger partial charge in [0.1, 0.15) is 12.4 Å². The van der Waals surface area contributed by atoms with Gasteiger partial charge in [0.25, 0.3) is 0 Å². The van der Waals surface area contributed by atoms with Crippen LogP contribution >= 0.6 is 0 Å². The Labute approximate surface area is 115 Å². The van der Waals surface area contributed by atoms with E-state index in [1.54, 1.807) is 18.5 Å². The van der Waals surface area contributed by atoms with Crippen molar-refractivity contribution in [3.05, 3.63) is 53.0 Å². The van der Waals surface area contributed by atoms with Crippen LogP contribution in [0.25, 0.3) is 0 Å². The van der Waals surface area contributed by atoms with Crippen molar-refractivity contribution in [3.63, 3.8) is 0 Å². The van der Waals surface area contributed by atoms with Crippen LogP contribution in [0.15, 0.2) is 41.5 Å². The van der Waals surface area contributed by atoms with Crippen molar-refractivity contribution >= 4 is 11.6 Å². The third kappa shape index (κ3) is 2.96. The predicted molar refractivity (Wildman–Crippen MR) is 74.1 cm³/mol. The summed E-state index contributed by atoms with van der Waals surface area (Å²) in [6, 6.07) is 5.92. The smallest absolute Gasteiger partial charge is 0.322 e. The summed E-state index contributed by atoms with van der Waals surface area (Å²) < 4.78 is 16.2. The number of hydrogen-bond donors (Lipinski definition) is 1. The van der Waals surface area contributed by atoms with E-state index in [9.17, 15) is 14.0 Å². The van der Waals surface area contributed by atoms with E-state index in [1.807, 2.05) is 13.8 Å². The minimum atomic E-state index is -0.507. The van der Waals surface area contributed by atoms with Gasteiger partial charge >= 0.3 is 5.69 Å². The minimum absolute atomic E-state index is 0.0263. The second-order valence-corrected chi connectivity index (χ2v) is 4.74. The largest absolute Gasteiger partial charge is 0.328 e. The van der Waals surface area contributed by atoms with E-state index in [4.69, 9.17) is 0 Å². The van der Waals surface area contributed by atoms with E-state index in [0.717, 1.165) is 0 Å². The summed E-state index contributed by atoms with van der Waals surface area (Å²) in [5.41, 5.74) is -0.155. The zero-order valence-electron chi connectivity index (χ0n) is 11.3. The number of amides is 1. The Morgan fingerprint density at radius 1 is 1.30 bits per heavy atom. The van der Waals surface area contributed by atoms with Crippen LogP contribution in [0.1, 0.15) is 19.9 Å². The van der Waals surface area contributed by atoms with Gasteiger partial charge in [-0.15, -0.1) is 0 Å². The number of nitrogens with one attached hydrogen (secondary N) is 1. The first-order chi connectivity index (χ1) is 9.49. The third-order valence-electron chi connectivity index (χ3n) is 2.89. The SMILES string of the molecule is CC(C)n1ccn(CC(=O)Nc2ccccc2F)c1=O. The highest BCUT2D eigenvalue weighted by atomic mass is 19.1. The maximum Gasteiger partial charge on any atom is 0.328 e. The van der Waals surface area contributed by atoms with E-state index in [2.05, 4.69) is 5.32 Å². The number of anilines is 1. The van der Waals surface area contributed by atoms with Gasteiger partial charge in [-0.1, -0.05) is 12.1 Å². The fourth-order valence-corrected chi connectivity index (χ4v) is 1.85. The highest BCUT2D eigenvalue weighted by molar-refractivity contribution is 5.90. The van der Waals surface area contributed by atoms with Crippen LogP contribution in [-0.2, 0) is 11.3 Å². The van der Waals surface area contributed by atoms with Crippen LogP contribution in [0.5, 0.6) is 0 Å². The summed E-state index contributed by atoms with van der Waals surface area (Å²) in [4.78, 5) is 23.8. The molecule has 2 aromatic rings. The lowest BCUT2D eigenvalue weighted by atomic mass is 10.3. The number of benzene rings is 1. The Morgan fingerprint density at radius 3 is 2.60 bits per heavy atom. The summed E-state index contributed by atoms with van der Waals surface area (Å²) >= 11 is 0. The van der Waals surface area contributed by atoms with E-state index in [-0.39, 0.29) is 24.0 Å². The van der Waals surface area contributed by atoms with Crippen molar-refractivity contribution in [2.24, 2.45) is 0 Å². The minimum Gasteiger partial charge on any atom is -0.322 e. The zero-order chi connectivity index (χ0) is 14.7. The molecule has 0 aliphatic rings. The molecule has 0 atom stereocenters. The molecular weight excluding hydrogens is 261 g/mol. The molecular formula is C14H16FN3O2. The standard InChI is InChI=1S/C14H16FN3O2/c1-10(2)18-8-7-17(14(18)20)9-13(19)16-12-6-4-3-5-11(12)15/h3-8,10H,9H2,1-2H3,(H,16,19). The Hall–Kier alpha value is -2.37. The first-order valence-corrected chi connectivity index (χ1v) is 6.30. The first kappa shape index (κ1) is 14.0. The molecule has 1 aromatic heterocycles. The summed E-state index contributed by atoms with van der Waals surface area (Å²) in [5.74, 6) is -0.952. The van der Waals surface area contributed by atoms with Gasteiger partial charge < -0.3 is 5.32 Å². The number of rotatable bonds is 4. The number of carbonyl (C=O) groups excluding carboxylic acids is 1. The molecule has 0 aliphatic carbocycles. The van der Waals surface area contributed by atoms with Crippen LogP contribution in [0.3, 0.4) is 0 Å². The number of aromatic nitrogens is 2. The van der Waals surface area contributed by atoms with Crippen molar-refractivity contribution in [2.75, 3.05) is 5.32 Å². The highest BCUT2D eigenvalue weighted by Gasteiger charge is 2.11. The lowest BCUT2D eigenvalue weighted by Gasteiger charge is -2.07. The van der Waals surface area contributed by atoms with Gasteiger partial charge in [0, 0.05) is 18.4 Å². The van der Waals surface area contributed by atoms with E-state index in [0.29, 0.717) is 0 Å². The summed E-state index contributed by atoms with van der Waals surface area (Å²) in [5, 5.41) is 2.44. The van der Waals surface area contributed by atoms with Crippen LogP contribution in [-0.4, -0.2) is 15.0 Å². The van der Waals surface area contributed by atoms with E-state index in [1.165, 1.54) is 27.3 Å². The Kier molecular flexibility index (Phi) is 4.02. The Morgan fingerprint density at radius 2 is 2.00 bits per heavy atom. The van der Waals surface area contributed by atoms with Crippen LogP contribution in [0, 0.1) is 5.82 Å². The number of para-hydroxylation sites is 1. The van der Waals surface area contributed by atoms with Crippen molar-refractivity contribution in [1.29, 1.82) is 0 Å².